The Kier molecular flexibility index (Phi) is 3.94. The van der Waals surface area contributed by atoms with Gasteiger partial charge in [-0.05, 0) is 35.9 Å². The predicted octanol–water partition coefficient (Wildman–Crippen LogP) is 3.02. The number of fused-ring (bicyclic) bond motifs is 1. The van der Waals surface area contributed by atoms with Gasteiger partial charge < -0.3 is 10.2 Å². The first-order valence-electron chi connectivity index (χ1n) is 7.01. The highest BCUT2D eigenvalue weighted by atomic mass is 35.5. The molecule has 8 heteroatoms. The molecule has 0 atom stereocenters. The molecule has 24 heavy (non-hydrogen) atoms. The summed E-state index contributed by atoms with van der Waals surface area (Å²) in [4.78, 5) is 35.8. The standard InChI is InChI=1S/C16H12ClN3O4/c1-19-13-5-3-11(6-10(13)8-15(19)21)18-16(22)9-2-4-12(17)14(7-9)20(23)24/h2-7H,8H2,1H3,(H,18,22). The lowest BCUT2D eigenvalue weighted by Crippen LogP contribution is -2.20. The maximum Gasteiger partial charge on any atom is 0.288 e. The Hall–Kier alpha value is -2.93. The molecule has 2 aromatic rings. The van der Waals surface area contributed by atoms with Crippen molar-refractivity contribution in [2.24, 2.45) is 0 Å². The van der Waals surface area contributed by atoms with Gasteiger partial charge in [0.2, 0.25) is 5.91 Å². The zero-order valence-corrected chi connectivity index (χ0v) is 13.3. The van der Waals surface area contributed by atoms with Gasteiger partial charge in [0, 0.05) is 30.1 Å². The molecule has 0 spiro atoms. The van der Waals surface area contributed by atoms with Crippen LogP contribution in [0.3, 0.4) is 0 Å². The average Bonchev–Trinajstić information content (AvgIpc) is 2.81. The number of carbonyl (C=O) groups is 2. The summed E-state index contributed by atoms with van der Waals surface area (Å²) < 4.78 is 0. The van der Waals surface area contributed by atoms with Crippen molar-refractivity contribution in [1.29, 1.82) is 0 Å². The summed E-state index contributed by atoms with van der Waals surface area (Å²) in [5.41, 5.74) is 1.94. The summed E-state index contributed by atoms with van der Waals surface area (Å²) in [6.07, 6.45) is 0.280. The van der Waals surface area contributed by atoms with Crippen LogP contribution in [0.4, 0.5) is 17.1 Å². The second-order valence-corrected chi connectivity index (χ2v) is 5.76. The van der Waals surface area contributed by atoms with Gasteiger partial charge in [0.15, 0.2) is 0 Å². The number of nitrogens with zero attached hydrogens (tertiary/aromatic N) is 2. The smallest absolute Gasteiger partial charge is 0.288 e. The Morgan fingerprint density at radius 1 is 1.29 bits per heavy atom. The Morgan fingerprint density at radius 2 is 2.04 bits per heavy atom. The topological polar surface area (TPSA) is 92.6 Å². The van der Waals surface area contributed by atoms with Gasteiger partial charge in [-0.15, -0.1) is 0 Å². The lowest BCUT2D eigenvalue weighted by Gasteiger charge is -2.11. The molecule has 0 aliphatic carbocycles. The third kappa shape index (κ3) is 2.81. The van der Waals surface area contributed by atoms with Gasteiger partial charge in [0.05, 0.1) is 11.3 Å². The van der Waals surface area contributed by atoms with Gasteiger partial charge >= 0.3 is 0 Å². The molecule has 0 radical (unpaired) electrons. The fraction of sp³-hybridized carbons (Fsp3) is 0.125. The highest BCUT2D eigenvalue weighted by Gasteiger charge is 2.24. The van der Waals surface area contributed by atoms with E-state index in [0.29, 0.717) is 5.69 Å². The van der Waals surface area contributed by atoms with E-state index in [1.807, 2.05) is 0 Å². The molecule has 0 bridgehead atoms. The summed E-state index contributed by atoms with van der Waals surface area (Å²) in [7, 11) is 1.69. The van der Waals surface area contributed by atoms with Gasteiger partial charge in [0.25, 0.3) is 11.6 Å². The first-order chi connectivity index (χ1) is 11.4. The van der Waals surface area contributed by atoms with Gasteiger partial charge in [-0.1, -0.05) is 11.6 Å². The largest absolute Gasteiger partial charge is 0.322 e. The zero-order chi connectivity index (χ0) is 17.4. The monoisotopic (exact) mass is 345 g/mol. The van der Waals surface area contributed by atoms with Crippen molar-refractivity contribution in [2.75, 3.05) is 17.3 Å². The van der Waals surface area contributed by atoms with E-state index < -0.39 is 10.8 Å². The summed E-state index contributed by atoms with van der Waals surface area (Å²) in [6, 6.07) is 9.00. The molecule has 1 N–H and O–H groups in total. The minimum atomic E-state index is -0.643. The van der Waals surface area contributed by atoms with Crippen LogP contribution in [0, 0.1) is 10.1 Å². The third-order valence-electron chi connectivity index (χ3n) is 3.82. The number of likely N-dealkylation sites (N-methyl/N-ethyl adjacent to an activating group) is 1. The maximum atomic E-state index is 12.3. The zero-order valence-electron chi connectivity index (χ0n) is 12.6. The molecule has 0 saturated carbocycles. The maximum absolute atomic E-state index is 12.3. The number of amides is 2. The van der Waals surface area contributed by atoms with Crippen LogP contribution in [0.5, 0.6) is 0 Å². The van der Waals surface area contributed by atoms with Crippen LogP contribution in [-0.4, -0.2) is 23.8 Å². The van der Waals surface area contributed by atoms with Crippen LogP contribution >= 0.6 is 11.6 Å². The van der Waals surface area contributed by atoms with Crippen molar-refractivity contribution in [2.45, 2.75) is 6.42 Å². The molecule has 1 aliphatic heterocycles. The number of carbonyl (C=O) groups excluding carboxylic acids is 2. The summed E-state index contributed by atoms with van der Waals surface area (Å²) >= 11 is 5.74. The van der Waals surface area contributed by atoms with Crippen molar-refractivity contribution in [3.63, 3.8) is 0 Å². The Bertz CT molecular complexity index is 882. The van der Waals surface area contributed by atoms with E-state index in [4.69, 9.17) is 11.6 Å². The predicted molar refractivity (Wildman–Crippen MR) is 89.6 cm³/mol. The van der Waals surface area contributed by atoms with E-state index in [1.165, 1.54) is 12.1 Å². The quantitative estimate of drug-likeness (QED) is 0.683. The second-order valence-electron chi connectivity index (χ2n) is 5.35. The van der Waals surface area contributed by atoms with E-state index in [1.54, 1.807) is 30.1 Å². The van der Waals surface area contributed by atoms with Crippen molar-refractivity contribution in [1.82, 2.24) is 0 Å². The Labute approximate surface area is 142 Å². The average molecular weight is 346 g/mol. The van der Waals surface area contributed by atoms with Gasteiger partial charge in [-0.3, -0.25) is 19.7 Å². The minimum Gasteiger partial charge on any atom is -0.322 e. The highest BCUT2D eigenvalue weighted by molar-refractivity contribution is 6.32. The van der Waals surface area contributed by atoms with Crippen LogP contribution in [0.2, 0.25) is 5.02 Å². The summed E-state index contributed by atoms with van der Waals surface area (Å²) in [5.74, 6) is -0.505. The number of anilines is 2. The van der Waals surface area contributed by atoms with E-state index in [9.17, 15) is 19.7 Å². The molecule has 7 nitrogen and oxygen atoms in total. The minimum absolute atomic E-state index is 0.0122. The lowest BCUT2D eigenvalue weighted by molar-refractivity contribution is -0.384. The van der Waals surface area contributed by atoms with Gasteiger partial charge in [-0.2, -0.15) is 0 Å². The molecule has 0 unspecified atom stereocenters. The molecule has 0 fully saturated rings. The molecule has 0 aromatic heterocycles. The van der Waals surface area contributed by atoms with Gasteiger partial charge in [0.1, 0.15) is 5.02 Å². The third-order valence-corrected chi connectivity index (χ3v) is 4.14. The van der Waals surface area contributed by atoms with Crippen LogP contribution < -0.4 is 10.2 Å². The van der Waals surface area contributed by atoms with E-state index >= 15 is 0 Å². The molecule has 0 saturated heterocycles. The molecule has 1 aliphatic rings. The molecular weight excluding hydrogens is 334 g/mol. The number of nitro benzene ring substituents is 1. The fourth-order valence-electron chi connectivity index (χ4n) is 2.55. The van der Waals surface area contributed by atoms with Crippen molar-refractivity contribution in [3.8, 4) is 0 Å². The van der Waals surface area contributed by atoms with Crippen LogP contribution in [0.25, 0.3) is 0 Å². The number of halogens is 1. The van der Waals surface area contributed by atoms with E-state index in [-0.39, 0.29) is 28.6 Å². The SMILES string of the molecule is CN1C(=O)Cc2cc(NC(=O)c3ccc(Cl)c([N+](=O)[O-])c3)ccc21. The molecule has 2 amide bonds. The fourth-order valence-corrected chi connectivity index (χ4v) is 2.73. The highest BCUT2D eigenvalue weighted by Crippen LogP contribution is 2.30. The number of benzene rings is 2. The normalized spacial score (nSPS) is 12.9. The van der Waals surface area contributed by atoms with E-state index in [0.717, 1.165) is 17.3 Å². The molecule has 1 heterocycles. The molecule has 3 rings (SSSR count). The number of hydrogen-bond acceptors (Lipinski definition) is 4. The van der Waals surface area contributed by atoms with Crippen LogP contribution in [0.15, 0.2) is 36.4 Å². The molecule has 122 valence electrons. The van der Waals surface area contributed by atoms with Crippen molar-refractivity contribution >= 4 is 40.5 Å². The Morgan fingerprint density at radius 3 is 2.75 bits per heavy atom. The number of hydrogen-bond donors (Lipinski definition) is 1. The lowest BCUT2D eigenvalue weighted by atomic mass is 10.1. The van der Waals surface area contributed by atoms with Crippen LogP contribution in [0.1, 0.15) is 15.9 Å². The number of rotatable bonds is 3. The number of nitrogens with one attached hydrogen (secondary N) is 1. The summed E-state index contributed by atoms with van der Waals surface area (Å²) in [6.45, 7) is 0. The summed E-state index contributed by atoms with van der Waals surface area (Å²) in [5, 5.41) is 13.5. The Balaban J connectivity index is 1.84. The van der Waals surface area contributed by atoms with E-state index in [2.05, 4.69) is 5.32 Å². The van der Waals surface area contributed by atoms with Crippen LogP contribution in [-0.2, 0) is 11.2 Å². The molecule has 2 aromatic carbocycles. The first kappa shape index (κ1) is 15.9. The van der Waals surface area contributed by atoms with Crippen molar-refractivity contribution < 1.29 is 14.5 Å². The van der Waals surface area contributed by atoms with Crippen molar-refractivity contribution in [3.05, 3.63) is 62.7 Å². The second kappa shape index (κ2) is 5.93. The number of nitro groups is 1. The molecular formula is C16H12ClN3O4. The first-order valence-corrected chi connectivity index (χ1v) is 7.39. The van der Waals surface area contributed by atoms with Gasteiger partial charge in [-0.25, -0.2) is 0 Å².